The number of fused-ring (bicyclic) bond motifs is 1. The van der Waals surface area contributed by atoms with Crippen LogP contribution in [0.2, 0.25) is 0 Å². The number of sulfonamides is 1. The SMILES string of the molecule is C[C@H](Sc1nc2ccccc2n1C)C(=O)Nc1ccc(S(N)(=O)=O)cc1. The summed E-state index contributed by atoms with van der Waals surface area (Å²) in [6.45, 7) is 1.79. The van der Waals surface area contributed by atoms with Crippen molar-refractivity contribution in [3.8, 4) is 0 Å². The number of hydrogen-bond acceptors (Lipinski definition) is 5. The van der Waals surface area contributed by atoms with Crippen molar-refractivity contribution in [1.29, 1.82) is 0 Å². The number of anilines is 1. The fourth-order valence-corrected chi connectivity index (χ4v) is 3.82. The molecule has 26 heavy (non-hydrogen) atoms. The Bertz CT molecular complexity index is 1060. The maximum atomic E-state index is 12.4. The number of amides is 1. The van der Waals surface area contributed by atoms with E-state index in [9.17, 15) is 13.2 Å². The quantitative estimate of drug-likeness (QED) is 0.650. The summed E-state index contributed by atoms with van der Waals surface area (Å²) < 4.78 is 24.5. The number of carbonyl (C=O) groups excluding carboxylic acids is 1. The maximum absolute atomic E-state index is 12.4. The van der Waals surface area contributed by atoms with Crippen molar-refractivity contribution in [3.63, 3.8) is 0 Å². The minimum atomic E-state index is -3.75. The van der Waals surface area contributed by atoms with Crippen molar-refractivity contribution >= 4 is 44.4 Å². The number of hydrogen-bond donors (Lipinski definition) is 2. The van der Waals surface area contributed by atoms with Gasteiger partial charge in [0, 0.05) is 12.7 Å². The molecular weight excluding hydrogens is 372 g/mol. The normalized spacial score (nSPS) is 12.9. The third-order valence-electron chi connectivity index (χ3n) is 3.85. The van der Waals surface area contributed by atoms with Crippen LogP contribution in [0.5, 0.6) is 0 Å². The van der Waals surface area contributed by atoms with Gasteiger partial charge in [-0.2, -0.15) is 0 Å². The Labute approximate surface area is 155 Å². The maximum Gasteiger partial charge on any atom is 0.238 e. The molecule has 1 atom stereocenters. The third-order valence-corrected chi connectivity index (χ3v) is 5.92. The van der Waals surface area contributed by atoms with Gasteiger partial charge in [0.25, 0.3) is 0 Å². The molecule has 2 aromatic carbocycles. The van der Waals surface area contributed by atoms with Crippen LogP contribution in [-0.4, -0.2) is 29.1 Å². The van der Waals surface area contributed by atoms with Gasteiger partial charge in [0.15, 0.2) is 5.16 Å². The van der Waals surface area contributed by atoms with Crippen LogP contribution in [0.1, 0.15) is 6.92 Å². The van der Waals surface area contributed by atoms with E-state index in [4.69, 9.17) is 5.14 Å². The predicted molar refractivity (Wildman–Crippen MR) is 102 cm³/mol. The van der Waals surface area contributed by atoms with E-state index in [0.29, 0.717) is 5.69 Å². The highest BCUT2D eigenvalue weighted by Gasteiger charge is 2.18. The third kappa shape index (κ3) is 3.90. The van der Waals surface area contributed by atoms with Gasteiger partial charge in [-0.1, -0.05) is 23.9 Å². The number of para-hydroxylation sites is 2. The zero-order chi connectivity index (χ0) is 18.9. The molecule has 9 heteroatoms. The average Bonchev–Trinajstić information content (AvgIpc) is 2.91. The van der Waals surface area contributed by atoms with Crippen molar-refractivity contribution < 1.29 is 13.2 Å². The first-order valence-electron chi connectivity index (χ1n) is 7.77. The molecule has 0 radical (unpaired) electrons. The van der Waals surface area contributed by atoms with Crippen LogP contribution in [0, 0.1) is 0 Å². The van der Waals surface area contributed by atoms with Crippen LogP contribution in [-0.2, 0) is 21.9 Å². The van der Waals surface area contributed by atoms with Gasteiger partial charge < -0.3 is 9.88 Å². The first-order valence-corrected chi connectivity index (χ1v) is 10.2. The highest BCUT2D eigenvalue weighted by atomic mass is 32.2. The summed E-state index contributed by atoms with van der Waals surface area (Å²) in [4.78, 5) is 17.0. The van der Waals surface area contributed by atoms with Gasteiger partial charge in [-0.15, -0.1) is 0 Å². The topological polar surface area (TPSA) is 107 Å². The van der Waals surface area contributed by atoms with E-state index in [-0.39, 0.29) is 16.1 Å². The van der Waals surface area contributed by atoms with E-state index in [0.717, 1.165) is 16.2 Å². The van der Waals surface area contributed by atoms with E-state index in [1.54, 1.807) is 6.92 Å². The molecule has 136 valence electrons. The van der Waals surface area contributed by atoms with Gasteiger partial charge >= 0.3 is 0 Å². The smallest absolute Gasteiger partial charge is 0.238 e. The lowest BCUT2D eigenvalue weighted by Crippen LogP contribution is -2.23. The number of rotatable bonds is 5. The molecule has 0 aliphatic heterocycles. The average molecular weight is 390 g/mol. The number of primary sulfonamides is 1. The molecule has 3 rings (SSSR count). The zero-order valence-corrected chi connectivity index (χ0v) is 15.8. The molecule has 1 heterocycles. The lowest BCUT2D eigenvalue weighted by Gasteiger charge is -2.12. The Hall–Kier alpha value is -2.36. The van der Waals surface area contributed by atoms with Crippen molar-refractivity contribution in [1.82, 2.24) is 9.55 Å². The number of nitrogens with one attached hydrogen (secondary N) is 1. The highest BCUT2D eigenvalue weighted by Crippen LogP contribution is 2.26. The molecular formula is C17H18N4O3S2. The Morgan fingerprint density at radius 3 is 2.46 bits per heavy atom. The second-order valence-electron chi connectivity index (χ2n) is 5.76. The summed E-state index contributed by atoms with van der Waals surface area (Å²) in [7, 11) is -1.84. The molecule has 0 saturated heterocycles. The summed E-state index contributed by atoms with van der Waals surface area (Å²) in [5, 5.41) is 8.18. The molecule has 0 aliphatic carbocycles. The number of aryl methyl sites for hydroxylation is 1. The molecule has 0 fully saturated rings. The molecule has 3 N–H and O–H groups in total. The van der Waals surface area contributed by atoms with Crippen molar-refractivity contribution in [3.05, 3.63) is 48.5 Å². The van der Waals surface area contributed by atoms with Crippen molar-refractivity contribution in [2.45, 2.75) is 22.2 Å². The standard InChI is InChI=1S/C17H18N4O3S2/c1-11(25-17-20-14-5-3-4-6-15(14)21(17)2)16(22)19-12-7-9-13(10-8-12)26(18,23)24/h3-11H,1-2H3,(H,19,22)(H2,18,23,24)/t11-/m0/s1. The summed E-state index contributed by atoms with van der Waals surface area (Å²) in [5.41, 5.74) is 2.38. The van der Waals surface area contributed by atoms with Crippen LogP contribution in [0.15, 0.2) is 58.6 Å². The number of imidazole rings is 1. The lowest BCUT2D eigenvalue weighted by molar-refractivity contribution is -0.115. The lowest BCUT2D eigenvalue weighted by atomic mass is 10.3. The molecule has 7 nitrogen and oxygen atoms in total. The Balaban J connectivity index is 1.70. The molecule has 1 aromatic heterocycles. The number of carbonyl (C=O) groups is 1. The van der Waals surface area contributed by atoms with E-state index < -0.39 is 10.0 Å². The zero-order valence-electron chi connectivity index (χ0n) is 14.2. The summed E-state index contributed by atoms with van der Waals surface area (Å²) in [5.74, 6) is -0.203. The van der Waals surface area contributed by atoms with Crippen LogP contribution in [0.3, 0.4) is 0 Å². The first-order chi connectivity index (χ1) is 12.3. The number of nitrogens with two attached hydrogens (primary N) is 1. The predicted octanol–water partition coefficient (Wildman–Crippen LogP) is 2.34. The van der Waals surface area contributed by atoms with Crippen molar-refractivity contribution in [2.75, 3.05) is 5.32 Å². The number of benzene rings is 2. The van der Waals surface area contributed by atoms with Crippen LogP contribution >= 0.6 is 11.8 Å². The second-order valence-corrected chi connectivity index (χ2v) is 8.63. The van der Waals surface area contributed by atoms with E-state index >= 15 is 0 Å². The summed E-state index contributed by atoms with van der Waals surface area (Å²) in [6, 6.07) is 13.5. The molecule has 0 aliphatic rings. The minimum Gasteiger partial charge on any atom is -0.325 e. The Kier molecular flexibility index (Phi) is 5.03. The minimum absolute atomic E-state index is 0.00220. The molecule has 3 aromatic rings. The van der Waals surface area contributed by atoms with E-state index in [1.807, 2.05) is 35.9 Å². The second kappa shape index (κ2) is 7.10. The van der Waals surface area contributed by atoms with Gasteiger partial charge in [0.05, 0.1) is 21.2 Å². The number of nitrogens with zero attached hydrogens (tertiary/aromatic N) is 2. The molecule has 0 spiro atoms. The molecule has 0 saturated carbocycles. The van der Waals surface area contributed by atoms with Crippen LogP contribution in [0.4, 0.5) is 5.69 Å². The molecule has 1 amide bonds. The highest BCUT2D eigenvalue weighted by molar-refractivity contribution is 8.00. The molecule has 0 unspecified atom stereocenters. The van der Waals surface area contributed by atoms with Crippen LogP contribution in [0.25, 0.3) is 11.0 Å². The van der Waals surface area contributed by atoms with Crippen molar-refractivity contribution in [2.24, 2.45) is 12.2 Å². The van der Waals surface area contributed by atoms with Gasteiger partial charge in [0.2, 0.25) is 15.9 Å². The largest absolute Gasteiger partial charge is 0.325 e. The Morgan fingerprint density at radius 1 is 1.19 bits per heavy atom. The molecule has 0 bridgehead atoms. The van der Waals surface area contributed by atoms with Gasteiger partial charge in [-0.05, 0) is 43.3 Å². The van der Waals surface area contributed by atoms with Gasteiger partial charge in [0.1, 0.15) is 0 Å². The van der Waals surface area contributed by atoms with Gasteiger partial charge in [-0.3, -0.25) is 4.79 Å². The van der Waals surface area contributed by atoms with E-state index in [1.165, 1.54) is 36.0 Å². The fourth-order valence-electron chi connectivity index (χ4n) is 2.41. The summed E-state index contributed by atoms with van der Waals surface area (Å²) >= 11 is 1.35. The van der Waals surface area contributed by atoms with Crippen LogP contribution < -0.4 is 10.5 Å². The van der Waals surface area contributed by atoms with Gasteiger partial charge in [-0.25, -0.2) is 18.5 Å². The fraction of sp³-hybridized carbons (Fsp3) is 0.176. The van der Waals surface area contributed by atoms with E-state index in [2.05, 4.69) is 10.3 Å². The first kappa shape index (κ1) is 18.4. The summed E-state index contributed by atoms with van der Waals surface area (Å²) in [6.07, 6.45) is 0. The Morgan fingerprint density at radius 2 is 1.85 bits per heavy atom. The monoisotopic (exact) mass is 390 g/mol. The number of thioether (sulfide) groups is 1. The number of aromatic nitrogens is 2.